The van der Waals surface area contributed by atoms with Crippen molar-refractivity contribution in [3.8, 4) is 0 Å². The Morgan fingerprint density at radius 1 is 1.23 bits per heavy atom. The van der Waals surface area contributed by atoms with E-state index >= 15 is 0 Å². The Kier molecular flexibility index (Phi) is 5.50. The molecule has 0 aliphatic rings. The lowest BCUT2D eigenvalue weighted by Gasteiger charge is -2.15. The number of hydrogen-bond donors (Lipinski definition) is 1. The number of anilines is 1. The molecule has 1 aromatic heterocycles. The van der Waals surface area contributed by atoms with Gasteiger partial charge in [-0.05, 0) is 32.9 Å². The molecule has 0 aliphatic carbocycles. The molecule has 2 aromatic rings. The van der Waals surface area contributed by atoms with Gasteiger partial charge in [0.2, 0.25) is 0 Å². The third-order valence-electron chi connectivity index (χ3n) is 3.92. The minimum Gasteiger partial charge on any atom is -0.449 e. The number of amides is 1. The number of aromatic nitrogens is 2. The summed E-state index contributed by atoms with van der Waals surface area (Å²) in [4.78, 5) is 24.5. The highest BCUT2D eigenvalue weighted by molar-refractivity contribution is 7.90. The summed E-state index contributed by atoms with van der Waals surface area (Å²) in [6.07, 6.45) is -0.113. The van der Waals surface area contributed by atoms with Gasteiger partial charge in [-0.15, -0.1) is 0 Å². The largest absolute Gasteiger partial charge is 0.449 e. The maximum absolute atomic E-state index is 12.3. The highest BCUT2D eigenvalue weighted by Crippen LogP contribution is 2.20. The molecule has 8 nitrogen and oxygen atoms in total. The Morgan fingerprint density at radius 3 is 2.38 bits per heavy atom. The average molecular weight is 379 g/mol. The molecule has 1 heterocycles. The van der Waals surface area contributed by atoms with Gasteiger partial charge in [0.1, 0.15) is 0 Å². The number of esters is 1. The quantitative estimate of drug-likeness (QED) is 0.791. The topological polar surface area (TPSA) is 107 Å². The van der Waals surface area contributed by atoms with Crippen LogP contribution in [0, 0.1) is 13.8 Å². The van der Waals surface area contributed by atoms with Crippen molar-refractivity contribution in [2.24, 2.45) is 7.05 Å². The van der Waals surface area contributed by atoms with E-state index in [0.717, 1.165) is 11.9 Å². The number of rotatable bonds is 5. The number of hydrogen-bond acceptors (Lipinski definition) is 6. The summed E-state index contributed by atoms with van der Waals surface area (Å²) in [5.74, 6) is -1.41. The van der Waals surface area contributed by atoms with Crippen LogP contribution >= 0.6 is 0 Å². The van der Waals surface area contributed by atoms with Crippen LogP contribution in [0.5, 0.6) is 0 Å². The second-order valence-electron chi connectivity index (χ2n) is 5.97. The molecule has 0 spiro atoms. The average Bonchev–Trinajstić information content (AvgIpc) is 2.80. The minimum absolute atomic E-state index is 0.108. The van der Waals surface area contributed by atoms with Gasteiger partial charge in [-0.2, -0.15) is 5.10 Å². The smallest absolute Gasteiger partial charge is 0.340 e. The molecule has 0 fully saturated rings. The van der Waals surface area contributed by atoms with Gasteiger partial charge < -0.3 is 10.1 Å². The SMILES string of the molecule is Cc1nn(C)c(C)c1NC(=O)[C@@H](C)OC(=O)c1ccccc1S(C)(=O)=O. The number of benzene rings is 1. The first-order valence-electron chi connectivity index (χ1n) is 7.83. The second-order valence-corrected chi connectivity index (χ2v) is 7.96. The lowest BCUT2D eigenvalue weighted by atomic mass is 10.2. The van der Waals surface area contributed by atoms with E-state index in [0.29, 0.717) is 11.4 Å². The van der Waals surface area contributed by atoms with Gasteiger partial charge >= 0.3 is 5.97 Å². The van der Waals surface area contributed by atoms with Crippen molar-refractivity contribution >= 4 is 27.4 Å². The third kappa shape index (κ3) is 4.10. The Bertz CT molecular complexity index is 963. The van der Waals surface area contributed by atoms with E-state index in [1.807, 2.05) is 0 Å². The fourth-order valence-electron chi connectivity index (χ4n) is 2.42. The molecule has 9 heteroatoms. The molecule has 0 radical (unpaired) electrons. The van der Waals surface area contributed by atoms with Gasteiger partial charge in [-0.3, -0.25) is 9.48 Å². The van der Waals surface area contributed by atoms with Crippen LogP contribution in [0.15, 0.2) is 29.2 Å². The number of nitrogens with one attached hydrogen (secondary N) is 1. The van der Waals surface area contributed by atoms with Crippen LogP contribution < -0.4 is 5.32 Å². The van der Waals surface area contributed by atoms with E-state index in [1.54, 1.807) is 25.6 Å². The predicted octanol–water partition coefficient (Wildman–Crippen LogP) is 1.62. The zero-order chi connectivity index (χ0) is 19.6. The van der Waals surface area contributed by atoms with Crippen molar-refractivity contribution in [3.05, 3.63) is 41.2 Å². The van der Waals surface area contributed by atoms with Crippen molar-refractivity contribution in [2.75, 3.05) is 11.6 Å². The number of sulfone groups is 1. The molecule has 2 rings (SSSR count). The Balaban J connectivity index is 2.16. The van der Waals surface area contributed by atoms with E-state index in [9.17, 15) is 18.0 Å². The molecule has 140 valence electrons. The number of carbonyl (C=O) groups is 2. The van der Waals surface area contributed by atoms with Crippen LogP contribution in [0.4, 0.5) is 5.69 Å². The van der Waals surface area contributed by atoms with Crippen molar-refractivity contribution < 1.29 is 22.7 Å². The molecule has 1 amide bonds. The minimum atomic E-state index is -3.60. The molecule has 1 atom stereocenters. The van der Waals surface area contributed by atoms with Crippen LogP contribution in [0.2, 0.25) is 0 Å². The maximum Gasteiger partial charge on any atom is 0.340 e. The summed E-state index contributed by atoms with van der Waals surface area (Å²) < 4.78 is 30.4. The Morgan fingerprint density at radius 2 is 1.85 bits per heavy atom. The van der Waals surface area contributed by atoms with Gasteiger partial charge in [0.15, 0.2) is 15.9 Å². The number of aryl methyl sites for hydroxylation is 2. The molecule has 0 saturated heterocycles. The van der Waals surface area contributed by atoms with Gasteiger partial charge in [-0.25, -0.2) is 13.2 Å². The number of ether oxygens (including phenoxy) is 1. The molecule has 0 unspecified atom stereocenters. The summed E-state index contributed by atoms with van der Waals surface area (Å²) >= 11 is 0. The second kappa shape index (κ2) is 7.28. The van der Waals surface area contributed by atoms with Crippen molar-refractivity contribution in [1.29, 1.82) is 0 Å². The highest BCUT2D eigenvalue weighted by atomic mass is 32.2. The number of carbonyl (C=O) groups excluding carboxylic acids is 2. The first-order valence-corrected chi connectivity index (χ1v) is 9.72. The van der Waals surface area contributed by atoms with Crippen molar-refractivity contribution in [2.45, 2.75) is 31.8 Å². The summed E-state index contributed by atoms with van der Waals surface area (Å²) in [7, 11) is -1.85. The fourth-order valence-corrected chi connectivity index (χ4v) is 3.29. The standard InChI is InChI=1S/C17H21N3O5S/c1-10-15(11(2)20(4)19-10)18-16(21)12(3)25-17(22)13-8-6-7-9-14(13)26(5,23)24/h6-9,12H,1-5H3,(H,18,21)/t12-/m1/s1. The first kappa shape index (κ1) is 19.6. The predicted molar refractivity (Wildman–Crippen MR) is 95.7 cm³/mol. The fraction of sp³-hybridized carbons (Fsp3) is 0.353. The van der Waals surface area contributed by atoms with E-state index in [2.05, 4.69) is 10.4 Å². The summed E-state index contributed by atoms with van der Waals surface area (Å²) in [6.45, 7) is 4.97. The Labute approximate surface area is 152 Å². The maximum atomic E-state index is 12.3. The van der Waals surface area contributed by atoms with Crippen LogP contribution in [0.1, 0.15) is 28.7 Å². The molecule has 1 N–H and O–H groups in total. The van der Waals surface area contributed by atoms with Crippen molar-refractivity contribution in [3.63, 3.8) is 0 Å². The molecule has 0 aliphatic heterocycles. The van der Waals surface area contributed by atoms with Gasteiger partial charge in [-0.1, -0.05) is 12.1 Å². The molecular weight excluding hydrogens is 358 g/mol. The first-order chi connectivity index (χ1) is 12.0. The van der Waals surface area contributed by atoms with Crippen LogP contribution in [-0.2, 0) is 26.4 Å². The molecule has 0 bridgehead atoms. The van der Waals surface area contributed by atoms with E-state index < -0.39 is 27.8 Å². The van der Waals surface area contributed by atoms with E-state index in [1.165, 1.54) is 31.2 Å². The molecule has 0 saturated carbocycles. The van der Waals surface area contributed by atoms with E-state index in [-0.39, 0.29) is 10.5 Å². The van der Waals surface area contributed by atoms with Crippen molar-refractivity contribution in [1.82, 2.24) is 9.78 Å². The molecule has 26 heavy (non-hydrogen) atoms. The third-order valence-corrected chi connectivity index (χ3v) is 5.07. The van der Waals surface area contributed by atoms with Crippen LogP contribution in [0.25, 0.3) is 0 Å². The lowest BCUT2D eigenvalue weighted by molar-refractivity contribution is -0.123. The Hall–Kier alpha value is -2.68. The van der Waals surface area contributed by atoms with Gasteiger partial charge in [0.25, 0.3) is 5.91 Å². The van der Waals surface area contributed by atoms with E-state index in [4.69, 9.17) is 4.74 Å². The summed E-state index contributed by atoms with van der Waals surface area (Å²) in [5.41, 5.74) is 1.84. The lowest BCUT2D eigenvalue weighted by Crippen LogP contribution is -2.30. The normalized spacial score (nSPS) is 12.5. The molecule has 1 aromatic carbocycles. The van der Waals surface area contributed by atoms with Gasteiger partial charge in [0.05, 0.1) is 27.5 Å². The summed E-state index contributed by atoms with van der Waals surface area (Å²) in [6, 6.07) is 5.70. The number of nitrogens with zero attached hydrogens (tertiary/aromatic N) is 2. The molecular formula is C17H21N3O5S. The van der Waals surface area contributed by atoms with Gasteiger partial charge in [0, 0.05) is 13.3 Å². The summed E-state index contributed by atoms with van der Waals surface area (Å²) in [5, 5.41) is 6.88. The van der Waals surface area contributed by atoms with Crippen LogP contribution in [0.3, 0.4) is 0 Å². The highest BCUT2D eigenvalue weighted by Gasteiger charge is 2.24. The zero-order valence-corrected chi connectivity index (χ0v) is 16.0. The zero-order valence-electron chi connectivity index (χ0n) is 15.2. The van der Waals surface area contributed by atoms with Crippen LogP contribution in [-0.4, -0.2) is 42.4 Å². The monoisotopic (exact) mass is 379 g/mol.